The fourth-order valence-corrected chi connectivity index (χ4v) is 2.62. The minimum Gasteiger partial charge on any atom is -0.388 e. The summed E-state index contributed by atoms with van der Waals surface area (Å²) in [5.74, 6) is -0.221. The molecular weight excluding hydrogens is 256 g/mol. The number of amides is 2. The summed E-state index contributed by atoms with van der Waals surface area (Å²) in [6.07, 6.45) is 2.11. The van der Waals surface area contributed by atoms with Gasteiger partial charge in [-0.2, -0.15) is 0 Å². The Morgan fingerprint density at radius 3 is 2.35 bits per heavy atom. The molecule has 0 aromatic rings. The molecular formula is C15H28N2O3. The van der Waals surface area contributed by atoms with Crippen LogP contribution in [0.3, 0.4) is 0 Å². The minimum absolute atomic E-state index is 0.0154. The first-order valence-electron chi connectivity index (χ1n) is 7.29. The monoisotopic (exact) mass is 284 g/mol. The lowest BCUT2D eigenvalue weighted by Crippen LogP contribution is -2.51. The van der Waals surface area contributed by atoms with Gasteiger partial charge in [0.25, 0.3) is 0 Å². The van der Waals surface area contributed by atoms with E-state index in [0.717, 1.165) is 12.8 Å². The Labute approximate surface area is 121 Å². The lowest BCUT2D eigenvalue weighted by atomic mass is 9.92. The molecule has 1 fully saturated rings. The number of carbonyl (C=O) groups excluding carboxylic acids is 2. The second-order valence-electron chi connectivity index (χ2n) is 7.41. The molecule has 5 nitrogen and oxygen atoms in total. The topological polar surface area (TPSA) is 69.6 Å². The van der Waals surface area contributed by atoms with Gasteiger partial charge < -0.3 is 15.3 Å². The first-order chi connectivity index (χ1) is 9.00. The number of likely N-dealkylation sites (tertiary alicyclic amines) is 1. The van der Waals surface area contributed by atoms with Crippen molar-refractivity contribution in [2.24, 2.45) is 5.41 Å². The first-order valence-corrected chi connectivity index (χ1v) is 7.29. The zero-order chi connectivity index (χ0) is 15.6. The van der Waals surface area contributed by atoms with E-state index in [1.54, 1.807) is 18.7 Å². The molecule has 116 valence electrons. The molecule has 0 aromatic carbocycles. The second-order valence-corrected chi connectivity index (χ2v) is 7.41. The Balaban J connectivity index is 2.49. The number of nitrogens with one attached hydrogen (secondary N) is 1. The van der Waals surface area contributed by atoms with Crippen molar-refractivity contribution in [3.63, 3.8) is 0 Å². The zero-order valence-corrected chi connectivity index (χ0v) is 13.3. The molecule has 1 atom stereocenters. The van der Waals surface area contributed by atoms with Crippen LogP contribution in [0.4, 0.5) is 0 Å². The van der Waals surface area contributed by atoms with E-state index in [-0.39, 0.29) is 29.8 Å². The summed E-state index contributed by atoms with van der Waals surface area (Å²) >= 11 is 0. The Kier molecular flexibility index (Phi) is 5.19. The number of nitrogens with zero attached hydrogens (tertiary/aromatic N) is 1. The lowest BCUT2D eigenvalue weighted by Gasteiger charge is -2.34. The highest BCUT2D eigenvalue weighted by Crippen LogP contribution is 2.26. The van der Waals surface area contributed by atoms with Crippen LogP contribution in [0.2, 0.25) is 0 Å². The Bertz CT molecular complexity index is 366. The fourth-order valence-electron chi connectivity index (χ4n) is 2.62. The predicted octanol–water partition coefficient (Wildman–Crippen LogP) is 1.30. The third kappa shape index (κ3) is 5.12. The van der Waals surface area contributed by atoms with Gasteiger partial charge in [0.1, 0.15) is 0 Å². The standard InChI is InChI=1S/C15H28N2O3/c1-14(2,3)9-12(18)16-10-13(19)17-8-6-7-11(17)15(4,5)20/h11,20H,6-10H2,1-5H3,(H,16,18). The second kappa shape index (κ2) is 6.12. The van der Waals surface area contributed by atoms with E-state index in [1.165, 1.54) is 0 Å². The maximum atomic E-state index is 12.2. The van der Waals surface area contributed by atoms with Crippen LogP contribution in [0.1, 0.15) is 53.9 Å². The minimum atomic E-state index is -0.901. The third-order valence-electron chi connectivity index (χ3n) is 3.52. The molecule has 1 unspecified atom stereocenters. The van der Waals surface area contributed by atoms with E-state index in [1.807, 2.05) is 20.8 Å². The van der Waals surface area contributed by atoms with Crippen molar-refractivity contribution in [1.29, 1.82) is 0 Å². The van der Waals surface area contributed by atoms with Crippen molar-refractivity contribution >= 4 is 11.8 Å². The Hall–Kier alpha value is -1.10. The summed E-state index contributed by atoms with van der Waals surface area (Å²) in [5.41, 5.74) is -0.988. The van der Waals surface area contributed by atoms with Gasteiger partial charge >= 0.3 is 0 Å². The van der Waals surface area contributed by atoms with E-state index in [0.29, 0.717) is 13.0 Å². The highest BCUT2D eigenvalue weighted by atomic mass is 16.3. The predicted molar refractivity (Wildman–Crippen MR) is 78.1 cm³/mol. The van der Waals surface area contributed by atoms with Crippen LogP contribution in [0.25, 0.3) is 0 Å². The van der Waals surface area contributed by atoms with E-state index < -0.39 is 5.60 Å². The van der Waals surface area contributed by atoms with E-state index in [4.69, 9.17) is 0 Å². The van der Waals surface area contributed by atoms with Gasteiger partial charge in [-0.3, -0.25) is 9.59 Å². The molecule has 1 saturated heterocycles. The molecule has 2 amide bonds. The molecule has 1 heterocycles. The van der Waals surface area contributed by atoms with Crippen LogP contribution in [0, 0.1) is 5.41 Å². The van der Waals surface area contributed by atoms with Crippen molar-refractivity contribution in [3.8, 4) is 0 Å². The summed E-state index contributed by atoms with van der Waals surface area (Å²) in [4.78, 5) is 25.6. The van der Waals surface area contributed by atoms with Gasteiger partial charge in [0.2, 0.25) is 11.8 Å². The van der Waals surface area contributed by atoms with Crippen LogP contribution < -0.4 is 5.32 Å². The molecule has 5 heteroatoms. The highest BCUT2D eigenvalue weighted by Gasteiger charge is 2.38. The van der Waals surface area contributed by atoms with Gasteiger partial charge in [-0.1, -0.05) is 20.8 Å². The average molecular weight is 284 g/mol. The van der Waals surface area contributed by atoms with Gasteiger partial charge in [-0.15, -0.1) is 0 Å². The molecule has 0 saturated carbocycles. The summed E-state index contributed by atoms with van der Waals surface area (Å²) in [5, 5.41) is 12.8. The molecule has 20 heavy (non-hydrogen) atoms. The van der Waals surface area contributed by atoms with Crippen molar-refractivity contribution in [2.75, 3.05) is 13.1 Å². The summed E-state index contributed by atoms with van der Waals surface area (Å²) in [6, 6.07) is -0.158. The normalized spacial score (nSPS) is 20.1. The molecule has 0 aromatic heterocycles. The molecule has 0 aliphatic carbocycles. The largest absolute Gasteiger partial charge is 0.388 e. The van der Waals surface area contributed by atoms with E-state index in [2.05, 4.69) is 5.32 Å². The Morgan fingerprint density at radius 1 is 1.25 bits per heavy atom. The van der Waals surface area contributed by atoms with Crippen molar-refractivity contribution < 1.29 is 14.7 Å². The van der Waals surface area contributed by atoms with Crippen LogP contribution >= 0.6 is 0 Å². The van der Waals surface area contributed by atoms with E-state index >= 15 is 0 Å². The molecule has 0 spiro atoms. The maximum Gasteiger partial charge on any atom is 0.242 e. The SMILES string of the molecule is CC(C)(C)CC(=O)NCC(=O)N1CCCC1C(C)(C)O. The van der Waals surface area contributed by atoms with Crippen molar-refractivity contribution in [1.82, 2.24) is 10.2 Å². The summed E-state index contributed by atoms with van der Waals surface area (Å²) < 4.78 is 0. The maximum absolute atomic E-state index is 12.2. The Morgan fingerprint density at radius 2 is 1.85 bits per heavy atom. The quantitative estimate of drug-likeness (QED) is 0.817. The smallest absolute Gasteiger partial charge is 0.242 e. The van der Waals surface area contributed by atoms with Gasteiger partial charge in [-0.25, -0.2) is 0 Å². The molecule has 1 aliphatic rings. The van der Waals surface area contributed by atoms with Crippen LogP contribution in [-0.2, 0) is 9.59 Å². The van der Waals surface area contributed by atoms with Gasteiger partial charge in [0.15, 0.2) is 0 Å². The molecule has 2 N–H and O–H groups in total. The van der Waals surface area contributed by atoms with Gasteiger partial charge in [0, 0.05) is 13.0 Å². The average Bonchev–Trinajstić information content (AvgIpc) is 2.71. The van der Waals surface area contributed by atoms with Gasteiger partial charge in [-0.05, 0) is 32.1 Å². The zero-order valence-electron chi connectivity index (χ0n) is 13.3. The third-order valence-corrected chi connectivity index (χ3v) is 3.52. The number of aliphatic hydroxyl groups is 1. The van der Waals surface area contributed by atoms with Crippen LogP contribution in [0.5, 0.6) is 0 Å². The molecule has 0 bridgehead atoms. The first kappa shape index (κ1) is 17.0. The highest BCUT2D eigenvalue weighted by molar-refractivity contribution is 5.85. The number of hydrogen-bond acceptors (Lipinski definition) is 3. The van der Waals surface area contributed by atoms with Crippen molar-refractivity contribution in [3.05, 3.63) is 0 Å². The molecule has 1 aliphatic heterocycles. The van der Waals surface area contributed by atoms with Crippen molar-refractivity contribution in [2.45, 2.75) is 65.5 Å². The summed E-state index contributed by atoms with van der Waals surface area (Å²) in [6.45, 7) is 10.1. The fraction of sp³-hybridized carbons (Fsp3) is 0.867. The number of hydrogen-bond donors (Lipinski definition) is 2. The van der Waals surface area contributed by atoms with Crippen LogP contribution in [-0.4, -0.2) is 46.6 Å². The van der Waals surface area contributed by atoms with Gasteiger partial charge in [0.05, 0.1) is 18.2 Å². The molecule has 0 radical (unpaired) electrons. The number of carbonyl (C=O) groups is 2. The van der Waals surface area contributed by atoms with E-state index in [9.17, 15) is 14.7 Å². The molecule has 1 rings (SSSR count). The number of rotatable bonds is 4. The van der Waals surface area contributed by atoms with Crippen LogP contribution in [0.15, 0.2) is 0 Å². The summed E-state index contributed by atoms with van der Waals surface area (Å²) in [7, 11) is 0. The lowest BCUT2D eigenvalue weighted by molar-refractivity contribution is -0.137.